The summed E-state index contributed by atoms with van der Waals surface area (Å²) in [5, 5.41) is 4.41. The summed E-state index contributed by atoms with van der Waals surface area (Å²) in [5.41, 5.74) is 3.23. The van der Waals surface area contributed by atoms with Crippen LogP contribution >= 0.6 is 11.6 Å². The molecule has 114 valence electrons. The van der Waals surface area contributed by atoms with Gasteiger partial charge < -0.3 is 9.47 Å². The molecule has 0 saturated carbocycles. The van der Waals surface area contributed by atoms with E-state index in [4.69, 9.17) is 21.1 Å². The molecular formula is C16H15ClN2O3. The first-order chi connectivity index (χ1) is 10.7. The van der Waals surface area contributed by atoms with Crippen molar-refractivity contribution < 1.29 is 14.3 Å². The van der Waals surface area contributed by atoms with Crippen LogP contribution in [-0.2, 0) is 4.79 Å². The zero-order valence-electron chi connectivity index (χ0n) is 12.0. The largest absolute Gasteiger partial charge is 0.497 e. The van der Waals surface area contributed by atoms with E-state index in [1.54, 1.807) is 31.4 Å². The normalized spacial score (nSPS) is 10.5. The molecular weight excluding hydrogens is 304 g/mol. The number of methoxy groups -OCH3 is 1. The molecule has 1 N–H and O–H groups in total. The van der Waals surface area contributed by atoms with Gasteiger partial charge in [0.2, 0.25) is 0 Å². The Morgan fingerprint density at radius 1 is 1.23 bits per heavy atom. The number of amides is 1. The molecule has 1 amide bonds. The van der Waals surface area contributed by atoms with Crippen molar-refractivity contribution in [1.29, 1.82) is 0 Å². The van der Waals surface area contributed by atoms with Crippen LogP contribution in [0.2, 0.25) is 5.02 Å². The second-order valence-corrected chi connectivity index (χ2v) is 4.75. The topological polar surface area (TPSA) is 59.9 Å². The molecule has 0 heterocycles. The Labute approximate surface area is 133 Å². The van der Waals surface area contributed by atoms with Gasteiger partial charge in [-0.15, -0.1) is 0 Å². The predicted octanol–water partition coefficient (Wildman–Crippen LogP) is 2.88. The summed E-state index contributed by atoms with van der Waals surface area (Å²) in [4.78, 5) is 11.6. The van der Waals surface area contributed by atoms with Crippen LogP contribution in [0.25, 0.3) is 0 Å². The molecule has 0 aliphatic carbocycles. The van der Waals surface area contributed by atoms with Crippen molar-refractivity contribution in [3.8, 4) is 11.5 Å². The molecule has 2 aromatic carbocycles. The average Bonchev–Trinajstić information content (AvgIpc) is 2.54. The van der Waals surface area contributed by atoms with Gasteiger partial charge >= 0.3 is 0 Å². The van der Waals surface area contributed by atoms with Crippen LogP contribution in [0.15, 0.2) is 53.6 Å². The minimum absolute atomic E-state index is 0.139. The molecule has 0 saturated heterocycles. The number of hydrogen-bond acceptors (Lipinski definition) is 4. The SMILES string of the molecule is COc1ccc(C=NNC(=O)COc2cccc(Cl)c2)cc1. The fraction of sp³-hybridized carbons (Fsp3) is 0.125. The Balaban J connectivity index is 1.78. The predicted molar refractivity (Wildman–Crippen MR) is 85.7 cm³/mol. The Morgan fingerprint density at radius 2 is 2.00 bits per heavy atom. The summed E-state index contributed by atoms with van der Waals surface area (Å²) in [6.45, 7) is -0.139. The second kappa shape index (κ2) is 8.05. The highest BCUT2D eigenvalue weighted by atomic mass is 35.5. The van der Waals surface area contributed by atoms with Crippen molar-refractivity contribution in [3.63, 3.8) is 0 Å². The van der Waals surface area contributed by atoms with E-state index in [0.717, 1.165) is 11.3 Å². The number of ether oxygens (including phenoxy) is 2. The molecule has 0 bridgehead atoms. The maximum Gasteiger partial charge on any atom is 0.277 e. The number of halogens is 1. The molecule has 0 aromatic heterocycles. The third-order valence-corrected chi connectivity index (χ3v) is 2.92. The van der Waals surface area contributed by atoms with E-state index in [-0.39, 0.29) is 12.5 Å². The summed E-state index contributed by atoms with van der Waals surface area (Å²) in [5.74, 6) is 0.933. The Morgan fingerprint density at radius 3 is 2.68 bits per heavy atom. The van der Waals surface area contributed by atoms with Crippen molar-refractivity contribution in [2.24, 2.45) is 5.10 Å². The molecule has 0 aliphatic heterocycles. The minimum atomic E-state index is -0.357. The van der Waals surface area contributed by atoms with Crippen molar-refractivity contribution >= 4 is 23.7 Å². The van der Waals surface area contributed by atoms with Gasteiger partial charge in [-0.3, -0.25) is 4.79 Å². The number of carbonyl (C=O) groups excluding carboxylic acids is 1. The molecule has 5 nitrogen and oxygen atoms in total. The Hall–Kier alpha value is -2.53. The van der Waals surface area contributed by atoms with Crippen LogP contribution in [0.5, 0.6) is 11.5 Å². The number of hydrazone groups is 1. The zero-order chi connectivity index (χ0) is 15.8. The van der Waals surface area contributed by atoms with Gasteiger partial charge in [-0.05, 0) is 48.0 Å². The van der Waals surface area contributed by atoms with Gasteiger partial charge in [0.05, 0.1) is 13.3 Å². The fourth-order valence-corrected chi connectivity index (χ4v) is 1.79. The van der Waals surface area contributed by atoms with E-state index in [9.17, 15) is 4.79 Å². The van der Waals surface area contributed by atoms with Crippen LogP contribution in [0, 0.1) is 0 Å². The second-order valence-electron chi connectivity index (χ2n) is 4.31. The number of rotatable bonds is 6. The highest BCUT2D eigenvalue weighted by Crippen LogP contribution is 2.16. The molecule has 0 unspecified atom stereocenters. The average molecular weight is 319 g/mol. The van der Waals surface area contributed by atoms with E-state index in [1.807, 2.05) is 24.3 Å². The lowest BCUT2D eigenvalue weighted by molar-refractivity contribution is -0.123. The standard InChI is InChI=1S/C16H15ClN2O3/c1-21-14-7-5-12(6-8-14)10-18-19-16(20)11-22-15-4-2-3-13(17)9-15/h2-10H,11H2,1H3,(H,19,20). The molecule has 0 aliphatic rings. The smallest absolute Gasteiger partial charge is 0.277 e. The highest BCUT2D eigenvalue weighted by Gasteiger charge is 2.01. The van der Waals surface area contributed by atoms with E-state index in [1.165, 1.54) is 6.21 Å². The maximum atomic E-state index is 11.6. The summed E-state index contributed by atoms with van der Waals surface area (Å²) in [7, 11) is 1.60. The Bertz CT molecular complexity index is 657. The molecule has 0 fully saturated rings. The number of hydrogen-bond donors (Lipinski definition) is 1. The first kappa shape index (κ1) is 15.9. The summed E-state index contributed by atoms with van der Waals surface area (Å²) < 4.78 is 10.3. The molecule has 2 rings (SSSR count). The van der Waals surface area contributed by atoms with Crippen LogP contribution < -0.4 is 14.9 Å². The van der Waals surface area contributed by atoms with Crippen LogP contribution in [0.4, 0.5) is 0 Å². The van der Waals surface area contributed by atoms with Gasteiger partial charge in [0.1, 0.15) is 11.5 Å². The van der Waals surface area contributed by atoms with E-state index >= 15 is 0 Å². The number of benzene rings is 2. The lowest BCUT2D eigenvalue weighted by Gasteiger charge is -2.05. The molecule has 0 radical (unpaired) electrons. The molecule has 6 heteroatoms. The maximum absolute atomic E-state index is 11.6. The summed E-state index contributed by atoms with van der Waals surface area (Å²) in [6, 6.07) is 14.1. The van der Waals surface area contributed by atoms with Gasteiger partial charge in [-0.1, -0.05) is 17.7 Å². The van der Waals surface area contributed by atoms with Crippen molar-refractivity contribution in [2.75, 3.05) is 13.7 Å². The molecule has 0 spiro atoms. The van der Waals surface area contributed by atoms with Gasteiger partial charge in [-0.25, -0.2) is 5.43 Å². The van der Waals surface area contributed by atoms with Crippen LogP contribution in [0.1, 0.15) is 5.56 Å². The third kappa shape index (κ3) is 5.10. The van der Waals surface area contributed by atoms with E-state index < -0.39 is 0 Å². The van der Waals surface area contributed by atoms with E-state index in [0.29, 0.717) is 10.8 Å². The Kier molecular flexibility index (Phi) is 5.80. The zero-order valence-corrected chi connectivity index (χ0v) is 12.7. The highest BCUT2D eigenvalue weighted by molar-refractivity contribution is 6.30. The van der Waals surface area contributed by atoms with E-state index in [2.05, 4.69) is 10.5 Å². The van der Waals surface area contributed by atoms with Crippen molar-refractivity contribution in [3.05, 3.63) is 59.1 Å². The lowest BCUT2D eigenvalue weighted by atomic mass is 10.2. The number of carbonyl (C=O) groups is 1. The molecule has 0 atom stereocenters. The van der Waals surface area contributed by atoms with Crippen molar-refractivity contribution in [2.45, 2.75) is 0 Å². The summed E-state index contributed by atoms with van der Waals surface area (Å²) in [6.07, 6.45) is 1.54. The van der Waals surface area contributed by atoms with Gasteiger partial charge in [0.15, 0.2) is 6.61 Å². The van der Waals surface area contributed by atoms with Gasteiger partial charge in [-0.2, -0.15) is 5.10 Å². The van der Waals surface area contributed by atoms with Gasteiger partial charge in [0.25, 0.3) is 5.91 Å². The fourth-order valence-electron chi connectivity index (χ4n) is 1.61. The molecule has 22 heavy (non-hydrogen) atoms. The molecule has 2 aromatic rings. The quantitative estimate of drug-likeness (QED) is 0.658. The lowest BCUT2D eigenvalue weighted by Crippen LogP contribution is -2.24. The number of nitrogens with zero attached hydrogens (tertiary/aromatic N) is 1. The summed E-state index contributed by atoms with van der Waals surface area (Å²) >= 11 is 5.82. The van der Waals surface area contributed by atoms with Gasteiger partial charge in [0, 0.05) is 5.02 Å². The number of nitrogens with one attached hydrogen (secondary N) is 1. The van der Waals surface area contributed by atoms with Crippen LogP contribution in [0.3, 0.4) is 0 Å². The first-order valence-electron chi connectivity index (χ1n) is 6.52. The third-order valence-electron chi connectivity index (χ3n) is 2.68. The minimum Gasteiger partial charge on any atom is -0.497 e. The van der Waals surface area contributed by atoms with Crippen LogP contribution in [-0.4, -0.2) is 25.8 Å². The first-order valence-corrected chi connectivity index (χ1v) is 6.89. The monoisotopic (exact) mass is 318 g/mol. The van der Waals surface area contributed by atoms with Crippen molar-refractivity contribution in [1.82, 2.24) is 5.43 Å².